The molecule has 1 heterocycles. The Labute approximate surface area is 130 Å². The number of hydrogen-bond donors (Lipinski definition) is 1. The number of hydrogen-bond acceptors (Lipinski definition) is 3. The van der Waals surface area contributed by atoms with Gasteiger partial charge in [0.05, 0.1) is 17.7 Å². The normalized spacial score (nSPS) is 11.5. The van der Waals surface area contributed by atoms with Crippen molar-refractivity contribution in [2.24, 2.45) is 5.10 Å². The maximum atomic E-state index is 4.45. The van der Waals surface area contributed by atoms with E-state index in [1.807, 2.05) is 29.8 Å². The van der Waals surface area contributed by atoms with Crippen LogP contribution >= 0.6 is 0 Å². The SMILES string of the molecule is CC(=NNc1cccc(C)c1)c1ccc(-n2ccnc2)cc1. The van der Waals surface area contributed by atoms with Gasteiger partial charge in [-0.3, -0.25) is 5.43 Å². The van der Waals surface area contributed by atoms with E-state index in [1.54, 1.807) is 12.5 Å². The van der Waals surface area contributed by atoms with Crippen LogP contribution in [0.2, 0.25) is 0 Å². The van der Waals surface area contributed by atoms with E-state index in [-0.39, 0.29) is 0 Å². The number of nitrogens with zero attached hydrogens (tertiary/aromatic N) is 3. The molecule has 0 saturated heterocycles. The van der Waals surface area contributed by atoms with Crippen molar-refractivity contribution in [1.82, 2.24) is 9.55 Å². The van der Waals surface area contributed by atoms with Gasteiger partial charge in [0.25, 0.3) is 0 Å². The van der Waals surface area contributed by atoms with Gasteiger partial charge in [-0.15, -0.1) is 0 Å². The number of nitrogens with one attached hydrogen (secondary N) is 1. The third-order valence-corrected chi connectivity index (χ3v) is 3.46. The molecule has 2 aromatic carbocycles. The molecule has 4 heteroatoms. The maximum absolute atomic E-state index is 4.45. The molecule has 1 aromatic heterocycles. The van der Waals surface area contributed by atoms with Gasteiger partial charge in [-0.25, -0.2) is 4.98 Å². The molecule has 0 fully saturated rings. The standard InChI is InChI=1S/C18H18N4/c1-14-4-3-5-17(12-14)21-20-15(2)16-6-8-18(9-7-16)22-11-10-19-13-22/h3-13,21H,1-2H3. The summed E-state index contributed by atoms with van der Waals surface area (Å²) in [6.45, 7) is 4.06. The minimum atomic E-state index is 0.943. The van der Waals surface area contributed by atoms with Crippen molar-refractivity contribution in [3.63, 3.8) is 0 Å². The van der Waals surface area contributed by atoms with Crippen molar-refractivity contribution in [1.29, 1.82) is 0 Å². The molecule has 0 atom stereocenters. The van der Waals surface area contributed by atoms with Gasteiger partial charge in [-0.05, 0) is 49.2 Å². The molecule has 110 valence electrons. The van der Waals surface area contributed by atoms with E-state index in [2.05, 4.69) is 58.8 Å². The van der Waals surface area contributed by atoms with E-state index in [4.69, 9.17) is 0 Å². The fraction of sp³-hybridized carbons (Fsp3) is 0.111. The molecule has 4 nitrogen and oxygen atoms in total. The first-order valence-corrected chi connectivity index (χ1v) is 7.18. The lowest BCUT2D eigenvalue weighted by atomic mass is 10.1. The Kier molecular flexibility index (Phi) is 4.01. The third-order valence-electron chi connectivity index (χ3n) is 3.46. The number of imidazole rings is 1. The van der Waals surface area contributed by atoms with Crippen molar-refractivity contribution in [2.45, 2.75) is 13.8 Å². The largest absolute Gasteiger partial charge is 0.306 e. The summed E-state index contributed by atoms with van der Waals surface area (Å²) in [6.07, 6.45) is 5.48. The number of aromatic nitrogens is 2. The molecule has 22 heavy (non-hydrogen) atoms. The summed E-state index contributed by atoms with van der Waals surface area (Å²) in [5, 5.41) is 4.45. The number of benzene rings is 2. The van der Waals surface area contributed by atoms with Crippen LogP contribution in [0.15, 0.2) is 72.4 Å². The van der Waals surface area contributed by atoms with E-state index in [9.17, 15) is 0 Å². The molecule has 0 spiro atoms. The highest BCUT2D eigenvalue weighted by atomic mass is 15.3. The second-order valence-electron chi connectivity index (χ2n) is 5.20. The Morgan fingerprint density at radius 2 is 1.95 bits per heavy atom. The molecule has 0 aliphatic heterocycles. The summed E-state index contributed by atoms with van der Waals surface area (Å²) in [5.41, 5.74) is 8.42. The summed E-state index contributed by atoms with van der Waals surface area (Å²) in [5.74, 6) is 0. The predicted molar refractivity (Wildman–Crippen MR) is 90.6 cm³/mol. The van der Waals surface area contributed by atoms with Crippen LogP contribution in [0.4, 0.5) is 5.69 Å². The monoisotopic (exact) mass is 290 g/mol. The maximum Gasteiger partial charge on any atom is 0.0991 e. The smallest absolute Gasteiger partial charge is 0.0991 e. The van der Waals surface area contributed by atoms with Crippen LogP contribution in [-0.2, 0) is 0 Å². The summed E-state index contributed by atoms with van der Waals surface area (Å²) < 4.78 is 1.97. The first-order valence-electron chi connectivity index (χ1n) is 7.18. The van der Waals surface area contributed by atoms with Gasteiger partial charge in [0, 0.05) is 18.1 Å². The molecular weight excluding hydrogens is 272 g/mol. The van der Waals surface area contributed by atoms with Gasteiger partial charge in [0.1, 0.15) is 0 Å². The topological polar surface area (TPSA) is 42.2 Å². The van der Waals surface area contributed by atoms with Crippen LogP contribution in [0.3, 0.4) is 0 Å². The molecule has 0 bridgehead atoms. The molecule has 0 aliphatic carbocycles. The molecule has 0 amide bonds. The van der Waals surface area contributed by atoms with E-state index < -0.39 is 0 Å². The van der Waals surface area contributed by atoms with Gasteiger partial charge in [-0.2, -0.15) is 5.10 Å². The molecule has 0 radical (unpaired) electrons. The van der Waals surface area contributed by atoms with Crippen LogP contribution in [0.1, 0.15) is 18.1 Å². The average molecular weight is 290 g/mol. The lowest BCUT2D eigenvalue weighted by Gasteiger charge is -2.06. The third kappa shape index (κ3) is 3.23. The van der Waals surface area contributed by atoms with Crippen molar-refractivity contribution in [3.05, 3.63) is 78.4 Å². The summed E-state index contributed by atoms with van der Waals surface area (Å²) in [4.78, 5) is 4.06. The molecule has 0 saturated carbocycles. The first-order chi connectivity index (χ1) is 10.7. The van der Waals surface area contributed by atoms with Gasteiger partial charge in [-0.1, -0.05) is 24.3 Å². The van der Waals surface area contributed by atoms with Crippen molar-refractivity contribution in [3.8, 4) is 5.69 Å². The number of aryl methyl sites for hydroxylation is 1. The van der Waals surface area contributed by atoms with Crippen LogP contribution in [-0.4, -0.2) is 15.3 Å². The van der Waals surface area contributed by atoms with Gasteiger partial charge in [0.2, 0.25) is 0 Å². The van der Waals surface area contributed by atoms with Gasteiger partial charge in [0.15, 0.2) is 0 Å². The number of hydrazone groups is 1. The Bertz CT molecular complexity index is 771. The number of anilines is 1. The lowest BCUT2D eigenvalue weighted by Crippen LogP contribution is -2.00. The van der Waals surface area contributed by atoms with E-state index >= 15 is 0 Å². The Balaban J connectivity index is 1.74. The summed E-state index contributed by atoms with van der Waals surface area (Å²) in [6, 6.07) is 16.4. The Morgan fingerprint density at radius 1 is 1.14 bits per heavy atom. The molecule has 0 unspecified atom stereocenters. The van der Waals surface area contributed by atoms with Gasteiger partial charge >= 0.3 is 0 Å². The second kappa shape index (κ2) is 6.26. The lowest BCUT2D eigenvalue weighted by molar-refractivity contribution is 1.06. The molecule has 0 aliphatic rings. The Morgan fingerprint density at radius 3 is 2.64 bits per heavy atom. The summed E-state index contributed by atoms with van der Waals surface area (Å²) >= 11 is 0. The van der Waals surface area contributed by atoms with E-state index in [0.29, 0.717) is 0 Å². The molecular formula is C18H18N4. The zero-order chi connectivity index (χ0) is 15.4. The minimum absolute atomic E-state index is 0.943. The quantitative estimate of drug-likeness (QED) is 0.582. The minimum Gasteiger partial charge on any atom is -0.306 e. The van der Waals surface area contributed by atoms with Gasteiger partial charge < -0.3 is 4.57 Å². The van der Waals surface area contributed by atoms with E-state index in [0.717, 1.165) is 22.6 Å². The van der Waals surface area contributed by atoms with Crippen LogP contribution in [0.25, 0.3) is 5.69 Å². The zero-order valence-electron chi connectivity index (χ0n) is 12.7. The predicted octanol–water partition coefficient (Wildman–Crippen LogP) is 4.02. The fourth-order valence-electron chi connectivity index (χ4n) is 2.21. The van der Waals surface area contributed by atoms with Crippen LogP contribution < -0.4 is 5.43 Å². The molecule has 1 N–H and O–H groups in total. The fourth-order valence-corrected chi connectivity index (χ4v) is 2.21. The number of rotatable bonds is 4. The average Bonchev–Trinajstić information content (AvgIpc) is 3.07. The summed E-state index contributed by atoms with van der Waals surface area (Å²) in [7, 11) is 0. The second-order valence-corrected chi connectivity index (χ2v) is 5.20. The highest BCUT2D eigenvalue weighted by molar-refractivity contribution is 5.99. The van der Waals surface area contributed by atoms with Crippen molar-refractivity contribution < 1.29 is 0 Å². The molecule has 3 aromatic rings. The highest BCUT2D eigenvalue weighted by Crippen LogP contribution is 2.12. The first kappa shape index (κ1) is 14.1. The molecule has 3 rings (SSSR count). The zero-order valence-corrected chi connectivity index (χ0v) is 12.7. The van der Waals surface area contributed by atoms with Crippen molar-refractivity contribution >= 4 is 11.4 Å². The van der Waals surface area contributed by atoms with E-state index in [1.165, 1.54) is 5.56 Å². The van der Waals surface area contributed by atoms with Crippen molar-refractivity contribution in [2.75, 3.05) is 5.43 Å². The van der Waals surface area contributed by atoms with Crippen LogP contribution in [0.5, 0.6) is 0 Å². The van der Waals surface area contributed by atoms with Crippen LogP contribution in [0, 0.1) is 6.92 Å². The Hall–Kier alpha value is -2.88. The highest BCUT2D eigenvalue weighted by Gasteiger charge is 2.00.